The number of aliphatic imine (C=N–C) groups is 2. The third kappa shape index (κ3) is 5.67. The van der Waals surface area contributed by atoms with Crippen LogP contribution in [0.1, 0.15) is 57.5 Å². The lowest BCUT2D eigenvalue weighted by atomic mass is 9.81. The number of hydrogen-bond donors (Lipinski definition) is 6. The van der Waals surface area contributed by atoms with E-state index in [1.54, 1.807) is 35.6 Å². The topological polar surface area (TPSA) is 187 Å². The second kappa shape index (κ2) is 11.7. The first-order chi connectivity index (χ1) is 17.9. The first-order valence-corrected chi connectivity index (χ1v) is 13.1. The standard InChI is InChI=1S/C26H32N8O2S/c27-25(28)33-12-5-3-10-31-20-17-9-14-37-24(17)21(32-11-4-6-13-34-26(29)30)19-18(20)22(35)15-7-1-2-8-16(15)23(19)36/h1-2,7-9,14,31-32H,3-6,10-13H2,(H4,27,28,33)(H4,29,30,34). The number of anilines is 2. The molecule has 10 nitrogen and oxygen atoms in total. The monoisotopic (exact) mass is 520 g/mol. The maximum absolute atomic E-state index is 13.8. The van der Waals surface area contributed by atoms with Crippen LogP contribution in [0.25, 0.3) is 10.1 Å². The van der Waals surface area contributed by atoms with Gasteiger partial charge in [0.15, 0.2) is 23.5 Å². The van der Waals surface area contributed by atoms with Crippen molar-refractivity contribution in [3.8, 4) is 0 Å². The van der Waals surface area contributed by atoms with E-state index in [9.17, 15) is 9.59 Å². The first kappa shape index (κ1) is 26.0. The van der Waals surface area contributed by atoms with Crippen LogP contribution in [0, 0.1) is 0 Å². The van der Waals surface area contributed by atoms with E-state index in [1.807, 2.05) is 11.4 Å². The number of ketones is 2. The number of hydrogen-bond acceptors (Lipinski definition) is 7. The summed E-state index contributed by atoms with van der Waals surface area (Å²) < 4.78 is 0.937. The van der Waals surface area contributed by atoms with Crippen LogP contribution < -0.4 is 33.6 Å². The van der Waals surface area contributed by atoms with Crippen molar-refractivity contribution >= 4 is 56.3 Å². The number of carbonyl (C=O) groups is 2. The van der Waals surface area contributed by atoms with E-state index < -0.39 is 0 Å². The van der Waals surface area contributed by atoms with Gasteiger partial charge in [-0.25, -0.2) is 0 Å². The van der Waals surface area contributed by atoms with Gasteiger partial charge in [0.05, 0.1) is 27.2 Å². The minimum atomic E-state index is -0.155. The molecule has 2 aromatic carbocycles. The lowest BCUT2D eigenvalue weighted by molar-refractivity contribution is 0.0980. The zero-order valence-corrected chi connectivity index (χ0v) is 21.4. The number of guanidine groups is 2. The van der Waals surface area contributed by atoms with Gasteiger partial charge in [-0.3, -0.25) is 19.6 Å². The van der Waals surface area contributed by atoms with Crippen molar-refractivity contribution < 1.29 is 9.59 Å². The third-order valence-corrected chi connectivity index (χ3v) is 7.08. The highest BCUT2D eigenvalue weighted by Crippen LogP contribution is 2.45. The van der Waals surface area contributed by atoms with Gasteiger partial charge in [-0.15, -0.1) is 11.3 Å². The molecule has 194 valence electrons. The van der Waals surface area contributed by atoms with Crippen LogP contribution in [0.4, 0.5) is 11.4 Å². The number of fused-ring (bicyclic) bond motifs is 3. The van der Waals surface area contributed by atoms with E-state index in [0.29, 0.717) is 59.8 Å². The van der Waals surface area contributed by atoms with Crippen LogP contribution in [-0.4, -0.2) is 49.7 Å². The Bertz CT molecular complexity index is 1270. The highest BCUT2D eigenvalue weighted by Gasteiger charge is 2.36. The quantitative estimate of drug-likeness (QED) is 0.0711. The normalized spacial score (nSPS) is 12.1. The van der Waals surface area contributed by atoms with Gasteiger partial charge >= 0.3 is 0 Å². The van der Waals surface area contributed by atoms with Crippen LogP contribution in [-0.2, 0) is 0 Å². The molecular weight excluding hydrogens is 488 g/mol. The number of carbonyl (C=O) groups excluding carboxylic acids is 2. The number of nitrogens with two attached hydrogens (primary N) is 4. The van der Waals surface area contributed by atoms with Crippen LogP contribution in [0.2, 0.25) is 0 Å². The third-order valence-electron chi connectivity index (χ3n) is 6.14. The van der Waals surface area contributed by atoms with Gasteiger partial charge in [0.1, 0.15) is 0 Å². The first-order valence-electron chi connectivity index (χ1n) is 12.2. The second-order valence-corrected chi connectivity index (χ2v) is 9.66. The molecule has 0 saturated heterocycles. The predicted molar refractivity (Wildman–Crippen MR) is 152 cm³/mol. The van der Waals surface area contributed by atoms with Gasteiger partial charge in [0.25, 0.3) is 0 Å². The molecule has 1 heterocycles. The highest BCUT2D eigenvalue weighted by atomic mass is 32.1. The molecule has 0 unspecified atom stereocenters. The Kier molecular flexibility index (Phi) is 8.24. The van der Waals surface area contributed by atoms with Crippen LogP contribution in [0.3, 0.4) is 0 Å². The summed E-state index contributed by atoms with van der Waals surface area (Å²) in [5, 5.41) is 9.80. The van der Waals surface area contributed by atoms with Crippen LogP contribution in [0.15, 0.2) is 45.7 Å². The van der Waals surface area contributed by atoms with Gasteiger partial charge in [-0.1, -0.05) is 24.3 Å². The molecule has 0 fully saturated rings. The summed E-state index contributed by atoms with van der Waals surface area (Å²) in [5.74, 6) is -0.162. The lowest BCUT2D eigenvalue weighted by Gasteiger charge is -2.25. The molecule has 0 atom stereocenters. The van der Waals surface area contributed by atoms with Crippen molar-refractivity contribution in [1.29, 1.82) is 0 Å². The molecular formula is C26H32N8O2S. The summed E-state index contributed by atoms with van der Waals surface area (Å²) >= 11 is 1.54. The summed E-state index contributed by atoms with van der Waals surface area (Å²) in [6.07, 6.45) is 3.17. The molecule has 0 bridgehead atoms. The van der Waals surface area contributed by atoms with Gasteiger partial charge in [-0.05, 0) is 37.1 Å². The molecule has 37 heavy (non-hydrogen) atoms. The van der Waals surface area contributed by atoms with Gasteiger partial charge in [0.2, 0.25) is 0 Å². The number of rotatable bonds is 12. The molecule has 0 radical (unpaired) electrons. The Morgan fingerprint density at radius 2 is 1.24 bits per heavy atom. The Balaban J connectivity index is 1.68. The van der Waals surface area contributed by atoms with Crippen molar-refractivity contribution in [2.75, 3.05) is 36.8 Å². The summed E-state index contributed by atoms with van der Waals surface area (Å²) in [4.78, 5) is 35.6. The van der Waals surface area contributed by atoms with Crippen LogP contribution >= 0.6 is 11.3 Å². The molecule has 3 aromatic rings. The van der Waals surface area contributed by atoms with E-state index in [2.05, 4.69) is 20.6 Å². The zero-order valence-electron chi connectivity index (χ0n) is 20.5. The maximum atomic E-state index is 13.8. The van der Waals surface area contributed by atoms with Crippen molar-refractivity contribution in [3.63, 3.8) is 0 Å². The fraction of sp³-hybridized carbons (Fsp3) is 0.308. The number of unbranched alkanes of at least 4 members (excludes halogenated alkanes) is 2. The van der Waals surface area contributed by atoms with Gasteiger partial charge < -0.3 is 33.6 Å². The average molecular weight is 521 g/mol. The molecule has 10 N–H and O–H groups in total. The van der Waals surface area contributed by atoms with E-state index in [4.69, 9.17) is 22.9 Å². The van der Waals surface area contributed by atoms with Crippen molar-refractivity contribution in [2.24, 2.45) is 32.9 Å². The van der Waals surface area contributed by atoms with Crippen molar-refractivity contribution in [3.05, 3.63) is 58.0 Å². The zero-order chi connectivity index (χ0) is 26.4. The Labute approximate surface area is 219 Å². The summed E-state index contributed by atoms with van der Waals surface area (Å²) in [7, 11) is 0. The number of benzene rings is 2. The molecule has 0 amide bonds. The summed E-state index contributed by atoms with van der Waals surface area (Å²) in [6.45, 7) is 2.29. The Morgan fingerprint density at radius 1 is 0.730 bits per heavy atom. The molecule has 0 spiro atoms. The summed E-state index contributed by atoms with van der Waals surface area (Å²) in [6, 6.07) is 8.99. The smallest absolute Gasteiger partial charge is 0.196 e. The highest BCUT2D eigenvalue weighted by molar-refractivity contribution is 7.18. The second-order valence-electron chi connectivity index (χ2n) is 8.75. The minimum absolute atomic E-state index is 0.0733. The molecule has 0 aliphatic heterocycles. The number of thiophene rings is 1. The Hall–Kier alpha value is -4.12. The molecule has 1 aliphatic carbocycles. The molecule has 11 heteroatoms. The minimum Gasteiger partial charge on any atom is -0.384 e. The fourth-order valence-corrected chi connectivity index (χ4v) is 5.40. The molecule has 0 saturated carbocycles. The lowest BCUT2D eigenvalue weighted by Crippen LogP contribution is -2.25. The van der Waals surface area contributed by atoms with E-state index in [0.717, 1.165) is 35.8 Å². The SMILES string of the molecule is NC(N)=NCCCCNc1c2c(c(NCCCCN=C(N)N)c3sccc13)C(=O)c1ccccc1C2=O. The van der Waals surface area contributed by atoms with Crippen molar-refractivity contribution in [1.82, 2.24) is 0 Å². The number of nitrogens with one attached hydrogen (secondary N) is 2. The number of nitrogens with zero attached hydrogens (tertiary/aromatic N) is 2. The van der Waals surface area contributed by atoms with E-state index >= 15 is 0 Å². The average Bonchev–Trinajstić information content (AvgIpc) is 3.36. The van der Waals surface area contributed by atoms with E-state index in [1.165, 1.54) is 0 Å². The maximum Gasteiger partial charge on any atom is 0.196 e. The van der Waals surface area contributed by atoms with E-state index in [-0.39, 0.29) is 23.5 Å². The largest absolute Gasteiger partial charge is 0.384 e. The summed E-state index contributed by atoms with van der Waals surface area (Å²) in [5.41, 5.74) is 24.7. The molecule has 1 aliphatic rings. The molecule has 1 aromatic heterocycles. The molecule has 4 rings (SSSR count). The van der Waals surface area contributed by atoms with Crippen LogP contribution in [0.5, 0.6) is 0 Å². The fourth-order valence-electron chi connectivity index (χ4n) is 4.47. The van der Waals surface area contributed by atoms with Crippen molar-refractivity contribution in [2.45, 2.75) is 25.7 Å². The Morgan fingerprint density at radius 3 is 1.78 bits per heavy atom. The predicted octanol–water partition coefficient (Wildman–Crippen LogP) is 2.61. The van der Waals surface area contributed by atoms with Gasteiger partial charge in [-0.2, -0.15) is 0 Å². The van der Waals surface area contributed by atoms with Gasteiger partial charge in [0, 0.05) is 42.7 Å².